The van der Waals surface area contributed by atoms with Crippen molar-refractivity contribution in [2.45, 2.75) is 31.7 Å². The molecule has 0 saturated heterocycles. The fraction of sp³-hybridized carbons (Fsp3) is 0.200. The van der Waals surface area contributed by atoms with E-state index in [1.807, 2.05) is 55.5 Å². The topological polar surface area (TPSA) is 44.7 Å². The van der Waals surface area contributed by atoms with E-state index in [1.165, 1.54) is 0 Å². The summed E-state index contributed by atoms with van der Waals surface area (Å²) in [5.74, 6) is -0.0526. The fourth-order valence-corrected chi connectivity index (χ4v) is 4.96. The second kappa shape index (κ2) is 6.05. The number of nitrogens with one attached hydrogen (secondary N) is 1. The molecule has 1 amide bonds. The third-order valence-corrected chi connectivity index (χ3v) is 6.53. The van der Waals surface area contributed by atoms with Crippen LogP contribution >= 0.6 is 0 Å². The van der Waals surface area contributed by atoms with Crippen molar-refractivity contribution in [1.29, 1.82) is 0 Å². The maximum Gasteiger partial charge on any atom is 0.280 e. The zero-order valence-corrected chi connectivity index (χ0v) is 16.8. The van der Waals surface area contributed by atoms with Gasteiger partial charge in [0.25, 0.3) is 5.91 Å². The molecule has 1 N–H and O–H groups in total. The number of hydrogen-bond acceptors (Lipinski definition) is 3. The maximum atomic E-state index is 14.1. The van der Waals surface area contributed by atoms with Gasteiger partial charge < -0.3 is 5.32 Å². The minimum absolute atomic E-state index is 0.0526. The zero-order valence-electron chi connectivity index (χ0n) is 16.8. The SMILES string of the molecule is CC1=NN(c2ccccc2)C(=O)C12Nc1c(C)cccc1C2(C)c1ccccc1. The lowest BCUT2D eigenvalue weighted by Crippen LogP contribution is -2.61. The van der Waals surface area contributed by atoms with Crippen LogP contribution in [0.2, 0.25) is 0 Å². The maximum absolute atomic E-state index is 14.1. The summed E-state index contributed by atoms with van der Waals surface area (Å²) in [7, 11) is 0. The van der Waals surface area contributed by atoms with Gasteiger partial charge in [-0.1, -0.05) is 66.7 Å². The van der Waals surface area contributed by atoms with Gasteiger partial charge in [0.15, 0.2) is 5.54 Å². The molecule has 3 aromatic carbocycles. The summed E-state index contributed by atoms with van der Waals surface area (Å²) in [5, 5.41) is 9.94. The summed E-state index contributed by atoms with van der Waals surface area (Å²) >= 11 is 0. The third-order valence-electron chi connectivity index (χ3n) is 6.53. The molecule has 0 aliphatic carbocycles. The van der Waals surface area contributed by atoms with E-state index in [2.05, 4.69) is 49.5 Å². The van der Waals surface area contributed by atoms with Crippen molar-refractivity contribution in [1.82, 2.24) is 0 Å². The number of carbonyl (C=O) groups is 1. The molecule has 5 rings (SSSR count). The molecule has 2 atom stereocenters. The zero-order chi connectivity index (χ0) is 20.2. The Morgan fingerprint density at radius 3 is 2.21 bits per heavy atom. The number of aryl methyl sites for hydroxylation is 1. The van der Waals surface area contributed by atoms with E-state index in [1.54, 1.807) is 5.01 Å². The predicted octanol–water partition coefficient (Wildman–Crippen LogP) is 4.89. The van der Waals surface area contributed by atoms with E-state index in [0.29, 0.717) is 0 Å². The van der Waals surface area contributed by atoms with Crippen molar-refractivity contribution < 1.29 is 4.79 Å². The van der Waals surface area contributed by atoms with Crippen LogP contribution in [0, 0.1) is 6.92 Å². The minimum atomic E-state index is -0.974. The Morgan fingerprint density at radius 1 is 0.862 bits per heavy atom. The molecule has 0 fully saturated rings. The third kappa shape index (κ3) is 2.14. The van der Waals surface area contributed by atoms with E-state index in [9.17, 15) is 4.79 Å². The molecule has 29 heavy (non-hydrogen) atoms. The number of rotatable bonds is 2. The van der Waals surface area contributed by atoms with Gasteiger partial charge in [0.05, 0.1) is 16.8 Å². The van der Waals surface area contributed by atoms with Gasteiger partial charge in [0.1, 0.15) is 0 Å². The van der Waals surface area contributed by atoms with E-state index in [4.69, 9.17) is 5.10 Å². The number of amides is 1. The molecule has 4 nitrogen and oxygen atoms in total. The first-order chi connectivity index (χ1) is 14.0. The lowest BCUT2D eigenvalue weighted by molar-refractivity contribution is -0.121. The minimum Gasteiger partial charge on any atom is -0.365 e. The van der Waals surface area contributed by atoms with Gasteiger partial charge in [0.2, 0.25) is 0 Å². The van der Waals surface area contributed by atoms with Crippen molar-refractivity contribution in [2.24, 2.45) is 5.10 Å². The Balaban J connectivity index is 1.77. The first-order valence-corrected chi connectivity index (χ1v) is 9.89. The first kappa shape index (κ1) is 17.7. The lowest BCUT2D eigenvalue weighted by atomic mass is 9.63. The number of benzene rings is 3. The molecule has 2 unspecified atom stereocenters. The van der Waals surface area contributed by atoms with E-state index in [-0.39, 0.29) is 5.91 Å². The highest BCUT2D eigenvalue weighted by molar-refractivity contribution is 6.27. The van der Waals surface area contributed by atoms with Gasteiger partial charge in [-0.2, -0.15) is 10.1 Å². The van der Waals surface area contributed by atoms with Crippen LogP contribution in [0.15, 0.2) is 84.0 Å². The van der Waals surface area contributed by atoms with Gasteiger partial charge in [-0.15, -0.1) is 0 Å². The quantitative estimate of drug-likeness (QED) is 0.687. The predicted molar refractivity (Wildman–Crippen MR) is 117 cm³/mol. The number of fused-ring (bicyclic) bond motifs is 1. The molecule has 0 radical (unpaired) electrons. The monoisotopic (exact) mass is 381 g/mol. The number of anilines is 2. The average Bonchev–Trinajstić information content (AvgIpc) is 3.18. The van der Waals surface area contributed by atoms with Crippen LogP contribution in [0.5, 0.6) is 0 Å². The van der Waals surface area contributed by atoms with Crippen LogP contribution in [0.3, 0.4) is 0 Å². The smallest absolute Gasteiger partial charge is 0.280 e. The molecule has 0 saturated carbocycles. The highest BCUT2D eigenvalue weighted by Crippen LogP contribution is 2.55. The van der Waals surface area contributed by atoms with E-state index in [0.717, 1.165) is 33.8 Å². The first-order valence-electron chi connectivity index (χ1n) is 9.89. The molecular formula is C25H23N3O. The summed E-state index contributed by atoms with van der Waals surface area (Å²) in [6.45, 7) is 6.19. The van der Waals surface area contributed by atoms with E-state index >= 15 is 0 Å². The molecular weight excluding hydrogens is 358 g/mol. The molecule has 2 aliphatic heterocycles. The van der Waals surface area contributed by atoms with Crippen LogP contribution in [0.1, 0.15) is 30.5 Å². The number of nitrogens with zero attached hydrogens (tertiary/aromatic N) is 2. The molecule has 3 aromatic rings. The largest absolute Gasteiger partial charge is 0.365 e. The van der Waals surface area contributed by atoms with Crippen LogP contribution in [0.25, 0.3) is 0 Å². The molecule has 1 spiro atoms. The van der Waals surface area contributed by atoms with Gasteiger partial charge >= 0.3 is 0 Å². The molecule has 144 valence electrons. The van der Waals surface area contributed by atoms with Crippen molar-refractivity contribution >= 4 is 23.0 Å². The summed E-state index contributed by atoms with van der Waals surface area (Å²) in [5.41, 5.74) is 4.35. The molecule has 2 aliphatic rings. The second-order valence-electron chi connectivity index (χ2n) is 8.00. The van der Waals surface area contributed by atoms with Crippen molar-refractivity contribution in [2.75, 3.05) is 10.3 Å². The highest BCUT2D eigenvalue weighted by atomic mass is 16.2. The Bertz CT molecular complexity index is 1140. The van der Waals surface area contributed by atoms with Crippen molar-refractivity contribution in [3.05, 3.63) is 95.6 Å². The summed E-state index contributed by atoms with van der Waals surface area (Å²) in [4.78, 5) is 14.1. The van der Waals surface area contributed by atoms with Gasteiger partial charge in [-0.25, -0.2) is 0 Å². The Kier molecular flexibility index (Phi) is 3.69. The van der Waals surface area contributed by atoms with E-state index < -0.39 is 11.0 Å². The molecule has 0 aromatic heterocycles. The Morgan fingerprint density at radius 2 is 1.52 bits per heavy atom. The van der Waals surface area contributed by atoms with Gasteiger partial charge in [-0.05, 0) is 49.6 Å². The Hall–Kier alpha value is -3.40. The summed E-state index contributed by atoms with van der Waals surface area (Å²) < 4.78 is 0. The van der Waals surface area contributed by atoms with Gasteiger partial charge in [0, 0.05) is 5.69 Å². The molecule has 2 heterocycles. The number of hydrazone groups is 1. The normalized spacial score (nSPS) is 25.1. The standard InChI is InChI=1S/C25H23N3O/c1-17-11-10-16-21-22(17)26-25(24(21,3)19-12-6-4-7-13-19)18(2)27-28(23(25)29)20-14-8-5-9-15-20/h4-16,26H,1-3H3. The number of carbonyl (C=O) groups excluding carboxylic acids is 1. The van der Waals surface area contributed by atoms with Crippen LogP contribution in [0.4, 0.5) is 11.4 Å². The van der Waals surface area contributed by atoms with Crippen LogP contribution in [-0.2, 0) is 10.2 Å². The van der Waals surface area contributed by atoms with Crippen molar-refractivity contribution in [3.8, 4) is 0 Å². The Labute approximate surface area is 170 Å². The lowest BCUT2D eigenvalue weighted by Gasteiger charge is -2.40. The molecule has 4 heteroatoms. The van der Waals surface area contributed by atoms with Crippen LogP contribution < -0.4 is 10.3 Å². The highest BCUT2D eigenvalue weighted by Gasteiger charge is 2.66. The number of para-hydroxylation sites is 2. The fourth-order valence-electron chi connectivity index (χ4n) is 4.96. The number of hydrogen-bond donors (Lipinski definition) is 1. The average molecular weight is 381 g/mol. The summed E-state index contributed by atoms with van der Waals surface area (Å²) in [6.07, 6.45) is 0. The summed E-state index contributed by atoms with van der Waals surface area (Å²) in [6, 6.07) is 26.2. The molecule has 0 bridgehead atoms. The van der Waals surface area contributed by atoms with Gasteiger partial charge in [-0.3, -0.25) is 4.79 Å². The second-order valence-corrected chi connectivity index (χ2v) is 8.00. The van der Waals surface area contributed by atoms with Crippen molar-refractivity contribution in [3.63, 3.8) is 0 Å². The van der Waals surface area contributed by atoms with Crippen LogP contribution in [-0.4, -0.2) is 17.2 Å².